The molecule has 2 aliphatic heterocycles. The Kier molecular flexibility index (Phi) is 7.97. The number of hydrogen-bond acceptors (Lipinski definition) is 8. The summed E-state index contributed by atoms with van der Waals surface area (Å²) < 4.78 is 26.3. The van der Waals surface area contributed by atoms with Gasteiger partial charge in [-0.05, 0) is 61.1 Å². The van der Waals surface area contributed by atoms with Crippen molar-refractivity contribution >= 4 is 56.0 Å². The highest BCUT2D eigenvalue weighted by molar-refractivity contribution is 6.37. The fourth-order valence-corrected chi connectivity index (χ4v) is 7.13. The molecule has 2 unspecified atom stereocenters. The van der Waals surface area contributed by atoms with Crippen LogP contribution < -0.4 is 9.64 Å². The van der Waals surface area contributed by atoms with E-state index in [0.717, 1.165) is 46.7 Å². The molecule has 2 saturated heterocycles. The first kappa shape index (κ1) is 30.0. The first-order chi connectivity index (χ1) is 22.3. The number of carbonyl (C=O) groups excluding carboxylic acids is 1. The Balaban J connectivity index is 1.39. The smallest absolute Gasteiger partial charge is 0.319 e. The van der Waals surface area contributed by atoms with Gasteiger partial charge < -0.3 is 23.9 Å². The number of piperazine rings is 1. The van der Waals surface area contributed by atoms with E-state index in [9.17, 15) is 14.4 Å². The Bertz CT molecular complexity index is 2040. The maximum Gasteiger partial charge on any atom is 0.319 e. The van der Waals surface area contributed by atoms with Crippen LogP contribution >= 0.6 is 11.6 Å². The van der Waals surface area contributed by atoms with Crippen LogP contribution in [0.3, 0.4) is 0 Å². The predicted molar refractivity (Wildman–Crippen MR) is 177 cm³/mol. The number of likely N-dealkylation sites (tertiary alicyclic amines) is 1. The molecule has 3 aromatic carbocycles. The fourth-order valence-electron chi connectivity index (χ4n) is 6.84. The SMILES string of the molecule is C=C(F)C(=O)N1CCN(c2nc(OCC3CCCN3C)nc3cc(-c4cccc5cccc(Cl)c45)c4ccoc4c23)CC1CC#N. The number of furan rings is 1. The van der Waals surface area contributed by atoms with Gasteiger partial charge in [-0.15, -0.1) is 0 Å². The average molecular weight is 639 g/mol. The number of aromatic nitrogens is 2. The molecule has 7 rings (SSSR count). The molecule has 0 N–H and O–H groups in total. The van der Waals surface area contributed by atoms with Gasteiger partial charge in [-0.2, -0.15) is 15.2 Å². The summed E-state index contributed by atoms with van der Waals surface area (Å²) in [4.78, 5) is 28.1. The maximum atomic E-state index is 13.9. The standard InChI is InChI=1S/C35H32ClFN6O3/c1-21(37)34(44)43-16-15-42(19-23(43)11-13-38)33-31-29(39-35(40-33)46-20-24-8-5-14-41(24)2)18-27(26-12-17-45-32(26)31)25-9-3-6-22-7-4-10-28(36)30(22)25/h3-4,6-7,9-10,12,17-18,23-24H,1,5,8,11,14-16,19-20H2,2H3. The normalized spacial score (nSPS) is 18.8. The first-order valence-corrected chi connectivity index (χ1v) is 15.7. The first-order valence-electron chi connectivity index (χ1n) is 15.3. The number of ether oxygens (including phenoxy) is 1. The molecule has 46 heavy (non-hydrogen) atoms. The number of anilines is 1. The predicted octanol–water partition coefficient (Wildman–Crippen LogP) is 6.74. The molecule has 0 aliphatic carbocycles. The monoisotopic (exact) mass is 638 g/mol. The number of halogens is 2. The van der Waals surface area contributed by atoms with Crippen LogP contribution in [0.25, 0.3) is 43.8 Å². The van der Waals surface area contributed by atoms with Crippen LogP contribution in [-0.4, -0.2) is 77.6 Å². The van der Waals surface area contributed by atoms with Crippen molar-refractivity contribution in [3.05, 3.63) is 72.2 Å². The van der Waals surface area contributed by atoms with Crippen molar-refractivity contribution in [2.75, 3.05) is 44.7 Å². The number of carbonyl (C=O) groups is 1. The molecule has 234 valence electrons. The molecule has 0 bridgehead atoms. The van der Waals surface area contributed by atoms with E-state index < -0.39 is 17.8 Å². The van der Waals surface area contributed by atoms with Gasteiger partial charge in [0.15, 0.2) is 5.83 Å². The van der Waals surface area contributed by atoms with Gasteiger partial charge in [-0.3, -0.25) is 4.79 Å². The average Bonchev–Trinajstić information content (AvgIpc) is 3.72. The number of fused-ring (bicyclic) bond motifs is 4. The number of likely N-dealkylation sites (N-methyl/N-ethyl adjacent to an activating group) is 1. The number of nitriles is 1. The van der Waals surface area contributed by atoms with Gasteiger partial charge in [0.2, 0.25) is 0 Å². The van der Waals surface area contributed by atoms with Gasteiger partial charge in [0.25, 0.3) is 5.91 Å². The second kappa shape index (κ2) is 12.2. The van der Waals surface area contributed by atoms with Crippen molar-refractivity contribution in [3.63, 3.8) is 0 Å². The van der Waals surface area contributed by atoms with E-state index >= 15 is 0 Å². The second-order valence-electron chi connectivity index (χ2n) is 11.9. The van der Waals surface area contributed by atoms with Crippen molar-refractivity contribution in [1.29, 1.82) is 5.26 Å². The third kappa shape index (κ3) is 5.29. The van der Waals surface area contributed by atoms with Crippen LogP contribution in [0.15, 0.2) is 71.6 Å². The molecule has 11 heteroatoms. The summed E-state index contributed by atoms with van der Waals surface area (Å²) in [5.74, 6) is -1.28. The molecule has 0 spiro atoms. The van der Waals surface area contributed by atoms with Crippen LogP contribution in [0.4, 0.5) is 10.2 Å². The lowest BCUT2D eigenvalue weighted by Gasteiger charge is -2.41. The van der Waals surface area contributed by atoms with Gasteiger partial charge in [-0.25, -0.2) is 4.39 Å². The van der Waals surface area contributed by atoms with Gasteiger partial charge >= 0.3 is 6.01 Å². The molecule has 4 heterocycles. The van der Waals surface area contributed by atoms with E-state index in [1.165, 1.54) is 4.90 Å². The fraction of sp³-hybridized carbons (Fsp3) is 0.314. The molecule has 0 saturated carbocycles. The molecule has 5 aromatic rings. The van der Waals surface area contributed by atoms with Gasteiger partial charge in [0, 0.05) is 41.5 Å². The second-order valence-corrected chi connectivity index (χ2v) is 12.3. The minimum absolute atomic E-state index is 0.0259. The Morgan fingerprint density at radius 3 is 2.72 bits per heavy atom. The molecule has 0 radical (unpaired) electrons. The molecular weight excluding hydrogens is 607 g/mol. The number of amides is 1. The highest BCUT2D eigenvalue weighted by atomic mass is 35.5. The van der Waals surface area contributed by atoms with Gasteiger partial charge in [0.1, 0.15) is 18.0 Å². The number of benzene rings is 3. The Morgan fingerprint density at radius 1 is 1.13 bits per heavy atom. The van der Waals surface area contributed by atoms with Gasteiger partial charge in [-0.1, -0.05) is 48.5 Å². The zero-order valence-electron chi connectivity index (χ0n) is 25.4. The van der Waals surface area contributed by atoms with E-state index in [4.69, 9.17) is 30.7 Å². The zero-order chi connectivity index (χ0) is 31.9. The summed E-state index contributed by atoms with van der Waals surface area (Å²) >= 11 is 6.76. The van der Waals surface area contributed by atoms with Crippen LogP contribution in [-0.2, 0) is 4.79 Å². The van der Waals surface area contributed by atoms with E-state index in [1.54, 1.807) is 6.26 Å². The van der Waals surface area contributed by atoms with Crippen molar-refractivity contribution in [1.82, 2.24) is 19.8 Å². The van der Waals surface area contributed by atoms with E-state index in [1.807, 2.05) is 53.4 Å². The van der Waals surface area contributed by atoms with Crippen molar-refractivity contribution in [2.45, 2.75) is 31.3 Å². The van der Waals surface area contributed by atoms with Crippen molar-refractivity contribution in [3.8, 4) is 23.2 Å². The summed E-state index contributed by atoms with van der Waals surface area (Å²) in [6.07, 6.45) is 3.81. The molecule has 9 nitrogen and oxygen atoms in total. The summed E-state index contributed by atoms with van der Waals surface area (Å²) in [7, 11) is 2.09. The quantitative estimate of drug-likeness (QED) is 0.181. The number of hydrogen-bond donors (Lipinski definition) is 0. The topological polar surface area (TPSA) is 98.7 Å². The summed E-state index contributed by atoms with van der Waals surface area (Å²) in [6, 6.07) is 17.9. The van der Waals surface area contributed by atoms with E-state index in [0.29, 0.717) is 40.5 Å². The molecule has 2 aliphatic rings. The summed E-state index contributed by atoms with van der Waals surface area (Å²) in [5.41, 5.74) is 3.06. The van der Waals surface area contributed by atoms with Crippen LogP contribution in [0, 0.1) is 11.3 Å². The van der Waals surface area contributed by atoms with Crippen molar-refractivity contribution < 1.29 is 18.3 Å². The maximum absolute atomic E-state index is 13.9. The lowest BCUT2D eigenvalue weighted by molar-refractivity contribution is -0.131. The largest absolute Gasteiger partial charge is 0.463 e. The summed E-state index contributed by atoms with van der Waals surface area (Å²) in [5, 5.41) is 13.7. The van der Waals surface area contributed by atoms with Gasteiger partial charge in [0.05, 0.1) is 35.7 Å². The highest BCUT2D eigenvalue weighted by Crippen LogP contribution is 2.43. The summed E-state index contributed by atoms with van der Waals surface area (Å²) in [6.45, 7) is 5.43. The van der Waals surface area contributed by atoms with Crippen molar-refractivity contribution in [2.24, 2.45) is 0 Å². The third-order valence-corrected chi connectivity index (χ3v) is 9.50. The lowest BCUT2D eigenvalue weighted by Crippen LogP contribution is -2.55. The number of nitrogens with zero attached hydrogens (tertiary/aromatic N) is 6. The van der Waals surface area contributed by atoms with Crippen LogP contribution in [0.2, 0.25) is 5.02 Å². The lowest BCUT2D eigenvalue weighted by atomic mass is 9.94. The molecule has 1 amide bonds. The molecule has 2 atom stereocenters. The highest BCUT2D eigenvalue weighted by Gasteiger charge is 2.34. The molecule has 2 aromatic heterocycles. The Labute approximate surface area is 270 Å². The third-order valence-electron chi connectivity index (χ3n) is 9.18. The van der Waals surface area contributed by atoms with Crippen LogP contribution in [0.1, 0.15) is 19.3 Å². The zero-order valence-corrected chi connectivity index (χ0v) is 26.1. The molecule has 2 fully saturated rings. The minimum Gasteiger partial charge on any atom is -0.463 e. The minimum atomic E-state index is -1.05. The van der Waals surface area contributed by atoms with E-state index in [-0.39, 0.29) is 31.6 Å². The van der Waals surface area contributed by atoms with Crippen LogP contribution in [0.5, 0.6) is 6.01 Å². The molecular formula is C35H32ClFN6O3. The number of rotatable bonds is 7. The Hall–Kier alpha value is -4.72. The van der Waals surface area contributed by atoms with E-state index in [2.05, 4.69) is 24.6 Å². The Morgan fingerprint density at radius 2 is 1.96 bits per heavy atom.